The largest absolute Gasteiger partial charge is 0.510 e. The molecule has 0 radical (unpaired) electrons. The van der Waals surface area contributed by atoms with Gasteiger partial charge in [-0.15, -0.1) is 0 Å². The molecule has 0 amide bonds. The smallest absolute Gasteiger partial charge is 0.330 e. The molecule has 7 nitrogen and oxygen atoms in total. The summed E-state index contributed by atoms with van der Waals surface area (Å²) in [6.07, 6.45) is 1.14. The summed E-state index contributed by atoms with van der Waals surface area (Å²) >= 11 is 0. The highest BCUT2D eigenvalue weighted by Gasteiger charge is 2.29. The number of aromatic nitrogens is 2. The summed E-state index contributed by atoms with van der Waals surface area (Å²) in [5.41, 5.74) is -0.679. The Kier molecular flexibility index (Phi) is 3.10. The average molecular weight is 254 g/mol. The Bertz CT molecular complexity index is 613. The fraction of sp³-hybridized carbons (Fsp3) is 0.455. The summed E-state index contributed by atoms with van der Waals surface area (Å²) in [6, 6.07) is 0. The quantitative estimate of drug-likeness (QED) is 0.703. The van der Waals surface area contributed by atoms with Crippen molar-refractivity contribution in [3.63, 3.8) is 0 Å². The second kappa shape index (κ2) is 4.43. The molecule has 2 atom stereocenters. The number of rotatable bonds is 2. The Hall–Kier alpha value is -1.86. The zero-order chi connectivity index (χ0) is 13.4. The van der Waals surface area contributed by atoms with E-state index in [0.717, 1.165) is 4.57 Å². The van der Waals surface area contributed by atoms with Crippen molar-refractivity contribution in [2.75, 3.05) is 6.61 Å². The predicted octanol–water partition coefficient (Wildman–Crippen LogP) is -1.04. The molecule has 0 fully saturated rings. The average Bonchev–Trinajstić information content (AvgIpc) is 2.72. The van der Waals surface area contributed by atoms with Crippen LogP contribution in [0.15, 0.2) is 27.6 Å². The Balaban J connectivity index is 2.49. The Morgan fingerprint density at radius 3 is 2.61 bits per heavy atom. The molecule has 0 bridgehead atoms. The molecule has 2 rings (SSSR count). The second-order valence-electron chi connectivity index (χ2n) is 4.16. The topological polar surface area (TPSA) is 93.7 Å². The molecule has 18 heavy (non-hydrogen) atoms. The van der Waals surface area contributed by atoms with E-state index in [4.69, 9.17) is 9.84 Å². The van der Waals surface area contributed by atoms with Gasteiger partial charge in [-0.1, -0.05) is 0 Å². The van der Waals surface area contributed by atoms with Gasteiger partial charge in [-0.3, -0.25) is 9.36 Å². The molecule has 1 aromatic rings. The van der Waals surface area contributed by atoms with Crippen LogP contribution in [-0.4, -0.2) is 32.1 Å². The number of hydrogen-bond donors (Lipinski definition) is 2. The van der Waals surface area contributed by atoms with E-state index in [1.54, 1.807) is 0 Å². The van der Waals surface area contributed by atoms with E-state index in [1.807, 2.05) is 0 Å². The molecular formula is C11H14N2O5. The van der Waals surface area contributed by atoms with Crippen LogP contribution in [0.4, 0.5) is 0 Å². The van der Waals surface area contributed by atoms with Gasteiger partial charge in [0, 0.05) is 20.3 Å². The van der Waals surface area contributed by atoms with E-state index in [-0.39, 0.29) is 17.9 Å². The van der Waals surface area contributed by atoms with Gasteiger partial charge in [0.1, 0.15) is 18.0 Å². The highest BCUT2D eigenvalue weighted by Crippen LogP contribution is 2.27. The summed E-state index contributed by atoms with van der Waals surface area (Å²) < 4.78 is 7.55. The Morgan fingerprint density at radius 1 is 1.39 bits per heavy atom. The van der Waals surface area contributed by atoms with Crippen LogP contribution in [0.2, 0.25) is 0 Å². The number of nitrogens with zero attached hydrogens (tertiary/aromatic N) is 2. The molecule has 1 aliphatic rings. The summed E-state index contributed by atoms with van der Waals surface area (Å²) in [6.45, 7) is -0.370. The highest BCUT2D eigenvalue weighted by atomic mass is 16.5. The predicted molar refractivity (Wildman–Crippen MR) is 62.3 cm³/mol. The van der Waals surface area contributed by atoms with E-state index < -0.39 is 23.5 Å². The third-order valence-electron chi connectivity index (χ3n) is 2.91. The van der Waals surface area contributed by atoms with Crippen LogP contribution >= 0.6 is 0 Å². The van der Waals surface area contributed by atoms with Crippen LogP contribution in [0.5, 0.6) is 0 Å². The minimum absolute atomic E-state index is 0.113. The second-order valence-corrected chi connectivity index (χ2v) is 4.16. The highest BCUT2D eigenvalue weighted by molar-refractivity contribution is 5.21. The lowest BCUT2D eigenvalue weighted by Crippen LogP contribution is -2.39. The molecule has 1 aromatic heterocycles. The summed E-state index contributed by atoms with van der Waals surface area (Å²) in [4.78, 5) is 23.4. The first-order valence-corrected chi connectivity index (χ1v) is 5.39. The first-order chi connectivity index (χ1) is 8.45. The minimum Gasteiger partial charge on any atom is -0.510 e. The normalized spacial score (nSPS) is 23.2. The monoisotopic (exact) mass is 254 g/mol. The van der Waals surface area contributed by atoms with E-state index in [0.29, 0.717) is 0 Å². The van der Waals surface area contributed by atoms with Crippen LogP contribution in [0.25, 0.3) is 0 Å². The van der Waals surface area contributed by atoms with E-state index >= 15 is 0 Å². The lowest BCUT2D eigenvalue weighted by molar-refractivity contribution is 0.00504. The van der Waals surface area contributed by atoms with Crippen LogP contribution in [-0.2, 0) is 18.8 Å². The molecule has 0 spiro atoms. The first kappa shape index (κ1) is 12.6. The maximum atomic E-state index is 11.9. The van der Waals surface area contributed by atoms with Gasteiger partial charge in [0.15, 0.2) is 0 Å². The molecule has 0 aromatic carbocycles. The zero-order valence-corrected chi connectivity index (χ0v) is 10.0. The van der Waals surface area contributed by atoms with Gasteiger partial charge in [0.25, 0.3) is 5.56 Å². The van der Waals surface area contributed by atoms with Crippen molar-refractivity contribution < 1.29 is 14.9 Å². The van der Waals surface area contributed by atoms with Crippen LogP contribution in [0.3, 0.4) is 0 Å². The van der Waals surface area contributed by atoms with Gasteiger partial charge in [0.05, 0.1) is 12.2 Å². The molecule has 0 aliphatic carbocycles. The van der Waals surface area contributed by atoms with E-state index in [9.17, 15) is 14.7 Å². The van der Waals surface area contributed by atoms with Gasteiger partial charge in [-0.05, 0) is 6.08 Å². The van der Waals surface area contributed by atoms with Crippen molar-refractivity contribution in [1.82, 2.24) is 9.13 Å². The van der Waals surface area contributed by atoms with Gasteiger partial charge < -0.3 is 19.5 Å². The molecule has 98 valence electrons. The summed E-state index contributed by atoms with van der Waals surface area (Å²) in [5.74, 6) is -0.113. The molecular weight excluding hydrogens is 240 g/mol. The standard InChI is InChI=1S/C11H14N2O5/c1-12-4-6(10(16)13(2)11(12)17)8-3-7(15)9(5-14)18-8/h3-4,8-9,14-15H,5H2,1-2H3/t8-,9-/m1/s1. The number of aliphatic hydroxyl groups excluding tert-OH is 2. The van der Waals surface area contributed by atoms with E-state index in [2.05, 4.69) is 0 Å². The number of ether oxygens (including phenoxy) is 1. The molecule has 0 saturated heterocycles. The first-order valence-electron chi connectivity index (χ1n) is 5.39. The lowest BCUT2D eigenvalue weighted by atomic mass is 10.2. The van der Waals surface area contributed by atoms with Crippen LogP contribution in [0.1, 0.15) is 11.7 Å². The molecule has 2 N–H and O–H groups in total. The molecule has 2 heterocycles. The van der Waals surface area contributed by atoms with Crippen LogP contribution < -0.4 is 11.2 Å². The fourth-order valence-corrected chi connectivity index (χ4v) is 1.88. The van der Waals surface area contributed by atoms with Crippen LogP contribution in [0, 0.1) is 0 Å². The van der Waals surface area contributed by atoms with Crippen molar-refractivity contribution in [3.05, 3.63) is 44.4 Å². The zero-order valence-electron chi connectivity index (χ0n) is 10.0. The Morgan fingerprint density at radius 2 is 2.06 bits per heavy atom. The number of hydrogen-bond acceptors (Lipinski definition) is 5. The molecule has 0 unspecified atom stereocenters. The van der Waals surface area contributed by atoms with E-state index in [1.165, 1.54) is 30.9 Å². The van der Waals surface area contributed by atoms with Crippen molar-refractivity contribution in [2.45, 2.75) is 12.2 Å². The van der Waals surface area contributed by atoms with Crippen molar-refractivity contribution in [2.24, 2.45) is 14.1 Å². The fourth-order valence-electron chi connectivity index (χ4n) is 1.88. The number of aliphatic hydroxyl groups is 2. The minimum atomic E-state index is -0.822. The van der Waals surface area contributed by atoms with Crippen molar-refractivity contribution >= 4 is 0 Å². The molecule has 0 saturated carbocycles. The molecule has 7 heteroatoms. The van der Waals surface area contributed by atoms with Gasteiger partial charge in [-0.2, -0.15) is 0 Å². The Labute approximate surface area is 102 Å². The SMILES string of the molecule is Cn1cc([C@H]2C=C(O)[C@@H](CO)O2)c(=O)n(C)c1=O. The van der Waals surface area contributed by atoms with Gasteiger partial charge in [0.2, 0.25) is 0 Å². The van der Waals surface area contributed by atoms with Gasteiger partial charge >= 0.3 is 5.69 Å². The lowest BCUT2D eigenvalue weighted by Gasteiger charge is -2.13. The number of aryl methyl sites for hydroxylation is 1. The summed E-state index contributed by atoms with van der Waals surface area (Å²) in [7, 11) is 2.89. The van der Waals surface area contributed by atoms with Gasteiger partial charge in [-0.25, -0.2) is 4.79 Å². The van der Waals surface area contributed by atoms with Crippen molar-refractivity contribution in [3.8, 4) is 0 Å². The molecule has 1 aliphatic heterocycles. The third kappa shape index (κ3) is 1.87. The maximum absolute atomic E-state index is 11.9. The third-order valence-corrected chi connectivity index (χ3v) is 2.91. The maximum Gasteiger partial charge on any atom is 0.330 e. The van der Waals surface area contributed by atoms with Crippen molar-refractivity contribution in [1.29, 1.82) is 0 Å². The summed E-state index contributed by atoms with van der Waals surface area (Å²) in [5, 5.41) is 18.5.